The molecule has 0 fully saturated rings. The van der Waals surface area contributed by atoms with Crippen LogP contribution in [0.15, 0.2) is 45.9 Å². The van der Waals surface area contributed by atoms with Crippen molar-refractivity contribution >= 4 is 44.8 Å². The van der Waals surface area contributed by atoms with Crippen molar-refractivity contribution in [1.82, 2.24) is 4.90 Å². The van der Waals surface area contributed by atoms with Gasteiger partial charge in [0.1, 0.15) is 16.4 Å². The third kappa shape index (κ3) is 3.81. The fourth-order valence-corrected chi connectivity index (χ4v) is 4.05. The van der Waals surface area contributed by atoms with Crippen LogP contribution < -0.4 is 14.2 Å². The lowest BCUT2D eigenvalue weighted by molar-refractivity contribution is 0.0733. The predicted molar refractivity (Wildman–Crippen MR) is 124 cm³/mol. The van der Waals surface area contributed by atoms with E-state index >= 15 is 0 Å². The molecule has 0 saturated heterocycles. The molecule has 1 amide bonds. The van der Waals surface area contributed by atoms with Gasteiger partial charge in [-0.2, -0.15) is 0 Å². The number of ether oxygens (including phenoxy) is 3. The van der Waals surface area contributed by atoms with Gasteiger partial charge in [-0.3, -0.25) is 14.7 Å². The minimum atomic E-state index is -0.795. The average Bonchev–Trinajstić information content (AvgIpc) is 3.03. The second kappa shape index (κ2) is 8.73. The van der Waals surface area contributed by atoms with E-state index in [-0.39, 0.29) is 5.91 Å². The number of aliphatic imine (C=N–C) groups is 1. The van der Waals surface area contributed by atoms with E-state index in [9.17, 15) is 4.79 Å². The Hall–Kier alpha value is -2.45. The molecule has 1 atom stereocenters. The van der Waals surface area contributed by atoms with Crippen LogP contribution in [0.25, 0.3) is 0 Å². The van der Waals surface area contributed by atoms with E-state index in [0.717, 1.165) is 10.0 Å². The Labute approximate surface area is 190 Å². The van der Waals surface area contributed by atoms with Gasteiger partial charge in [0.05, 0.1) is 21.3 Å². The zero-order chi connectivity index (χ0) is 22.1. The van der Waals surface area contributed by atoms with Gasteiger partial charge in [0.25, 0.3) is 5.91 Å². The third-order valence-electron chi connectivity index (χ3n) is 5.14. The largest absolute Gasteiger partial charge is 0.493 e. The van der Waals surface area contributed by atoms with Gasteiger partial charge < -0.3 is 14.2 Å². The Morgan fingerprint density at radius 1 is 1.10 bits per heavy atom. The second-order valence-electron chi connectivity index (χ2n) is 6.90. The zero-order valence-electron chi connectivity index (χ0n) is 17.5. The standard InChI is InChI=1S/C22H23BrN2O4S/c1-6-22(2)24-18(13-7-9-15(23)10-8-13)21(30)25(22)20(26)14-11-16(27-3)19(29-5)17(12-14)28-4/h7-12H,6H2,1-5H3. The molecule has 0 bridgehead atoms. The summed E-state index contributed by atoms with van der Waals surface area (Å²) in [7, 11) is 4.54. The molecule has 2 aromatic rings. The van der Waals surface area contributed by atoms with E-state index in [1.54, 1.807) is 17.0 Å². The molecule has 0 N–H and O–H groups in total. The molecule has 0 aromatic heterocycles. The van der Waals surface area contributed by atoms with E-state index in [1.807, 2.05) is 38.1 Å². The molecule has 1 aliphatic rings. The fraction of sp³-hybridized carbons (Fsp3) is 0.318. The fourth-order valence-electron chi connectivity index (χ4n) is 3.34. The highest BCUT2D eigenvalue weighted by Crippen LogP contribution is 2.40. The summed E-state index contributed by atoms with van der Waals surface area (Å²) >= 11 is 9.15. The molecule has 2 aromatic carbocycles. The van der Waals surface area contributed by atoms with E-state index < -0.39 is 5.66 Å². The summed E-state index contributed by atoms with van der Waals surface area (Å²) in [6, 6.07) is 11.0. The maximum atomic E-state index is 13.6. The van der Waals surface area contributed by atoms with Gasteiger partial charge in [0, 0.05) is 15.6 Å². The Bertz CT molecular complexity index is 997. The van der Waals surface area contributed by atoms with E-state index in [4.69, 9.17) is 31.4 Å². The van der Waals surface area contributed by atoms with Gasteiger partial charge in [-0.1, -0.05) is 47.2 Å². The Kier molecular flexibility index (Phi) is 6.47. The first-order valence-electron chi connectivity index (χ1n) is 9.34. The number of hydrogen-bond acceptors (Lipinski definition) is 6. The summed E-state index contributed by atoms with van der Waals surface area (Å²) in [5, 5.41) is 0. The van der Waals surface area contributed by atoms with E-state index in [1.165, 1.54) is 21.3 Å². The lowest BCUT2D eigenvalue weighted by Crippen LogP contribution is -2.47. The first-order valence-corrected chi connectivity index (χ1v) is 10.5. The summed E-state index contributed by atoms with van der Waals surface area (Å²) < 4.78 is 17.1. The van der Waals surface area contributed by atoms with Crippen LogP contribution in [0.4, 0.5) is 0 Å². The SMILES string of the molecule is CCC1(C)N=C(c2ccc(Br)cc2)C(=S)N1C(=O)c1cc(OC)c(OC)c(OC)c1. The van der Waals surface area contributed by atoms with Gasteiger partial charge in [-0.15, -0.1) is 0 Å². The topological polar surface area (TPSA) is 60.4 Å². The molecule has 158 valence electrons. The summed E-state index contributed by atoms with van der Waals surface area (Å²) in [6.07, 6.45) is 0.601. The van der Waals surface area contributed by atoms with Gasteiger partial charge in [0.2, 0.25) is 5.75 Å². The van der Waals surface area contributed by atoms with Crippen LogP contribution in [0.1, 0.15) is 36.2 Å². The minimum absolute atomic E-state index is 0.278. The molecule has 1 heterocycles. The molecule has 1 aliphatic heterocycles. The second-order valence-corrected chi connectivity index (χ2v) is 8.20. The summed E-state index contributed by atoms with van der Waals surface area (Å²) in [5.41, 5.74) is 1.07. The molecule has 0 spiro atoms. The summed E-state index contributed by atoms with van der Waals surface area (Å²) in [4.78, 5) is 20.4. The number of halogens is 1. The Morgan fingerprint density at radius 3 is 2.13 bits per heavy atom. The number of hydrogen-bond donors (Lipinski definition) is 0. The third-order valence-corrected chi connectivity index (χ3v) is 6.05. The smallest absolute Gasteiger partial charge is 0.261 e. The monoisotopic (exact) mass is 490 g/mol. The molecule has 1 unspecified atom stereocenters. The zero-order valence-corrected chi connectivity index (χ0v) is 19.9. The van der Waals surface area contributed by atoms with Crippen LogP contribution in [-0.4, -0.2) is 48.5 Å². The summed E-state index contributed by atoms with van der Waals surface area (Å²) in [6.45, 7) is 3.88. The lowest BCUT2D eigenvalue weighted by Gasteiger charge is -2.32. The van der Waals surface area contributed by atoms with Crippen molar-refractivity contribution in [2.45, 2.75) is 25.9 Å². The van der Waals surface area contributed by atoms with Crippen molar-refractivity contribution in [3.05, 3.63) is 52.0 Å². The van der Waals surface area contributed by atoms with E-state index in [2.05, 4.69) is 15.9 Å². The average molecular weight is 491 g/mol. The molecule has 6 nitrogen and oxygen atoms in total. The lowest BCUT2D eigenvalue weighted by atomic mass is 10.1. The predicted octanol–water partition coefficient (Wildman–Crippen LogP) is 4.87. The first kappa shape index (κ1) is 22.2. The van der Waals surface area contributed by atoms with Crippen molar-refractivity contribution in [3.8, 4) is 17.2 Å². The van der Waals surface area contributed by atoms with Gasteiger partial charge in [-0.05, 0) is 37.6 Å². The number of amides is 1. The number of nitrogens with zero attached hydrogens (tertiary/aromatic N) is 2. The number of benzene rings is 2. The normalized spacial score (nSPS) is 18.3. The highest BCUT2D eigenvalue weighted by Gasteiger charge is 2.44. The van der Waals surface area contributed by atoms with Crippen molar-refractivity contribution in [1.29, 1.82) is 0 Å². The molecule has 0 radical (unpaired) electrons. The number of carbonyl (C=O) groups is 1. The van der Waals surface area contributed by atoms with Gasteiger partial charge in [-0.25, -0.2) is 0 Å². The number of methoxy groups -OCH3 is 3. The van der Waals surface area contributed by atoms with Crippen LogP contribution >= 0.6 is 28.1 Å². The van der Waals surface area contributed by atoms with Crippen LogP contribution in [-0.2, 0) is 0 Å². The van der Waals surface area contributed by atoms with Crippen LogP contribution in [0.5, 0.6) is 17.2 Å². The molecule has 30 heavy (non-hydrogen) atoms. The van der Waals surface area contributed by atoms with Crippen molar-refractivity contribution in [3.63, 3.8) is 0 Å². The van der Waals surface area contributed by atoms with Crippen molar-refractivity contribution in [2.24, 2.45) is 4.99 Å². The molecule has 0 saturated carbocycles. The number of carbonyl (C=O) groups excluding carboxylic acids is 1. The minimum Gasteiger partial charge on any atom is -0.493 e. The first-order chi connectivity index (χ1) is 14.3. The van der Waals surface area contributed by atoms with Crippen molar-refractivity contribution < 1.29 is 19.0 Å². The molecule has 0 aliphatic carbocycles. The molecule has 3 rings (SSSR count). The highest BCUT2D eigenvalue weighted by atomic mass is 79.9. The number of rotatable bonds is 6. The Morgan fingerprint density at radius 2 is 1.67 bits per heavy atom. The molecule has 8 heteroatoms. The molecular weight excluding hydrogens is 468 g/mol. The van der Waals surface area contributed by atoms with Gasteiger partial charge >= 0.3 is 0 Å². The maximum Gasteiger partial charge on any atom is 0.261 e. The Balaban J connectivity index is 2.06. The summed E-state index contributed by atoms with van der Waals surface area (Å²) in [5.74, 6) is 0.945. The van der Waals surface area contributed by atoms with Crippen LogP contribution in [0.2, 0.25) is 0 Å². The van der Waals surface area contributed by atoms with Crippen LogP contribution in [0.3, 0.4) is 0 Å². The van der Waals surface area contributed by atoms with Gasteiger partial charge in [0.15, 0.2) is 11.5 Å². The van der Waals surface area contributed by atoms with Crippen LogP contribution in [0, 0.1) is 0 Å². The van der Waals surface area contributed by atoms with E-state index in [0.29, 0.717) is 39.9 Å². The molecular formula is C22H23BrN2O4S. The quantitative estimate of drug-likeness (QED) is 0.540. The highest BCUT2D eigenvalue weighted by molar-refractivity contribution is 9.10. The van der Waals surface area contributed by atoms with Crippen molar-refractivity contribution in [2.75, 3.05) is 21.3 Å². The maximum absolute atomic E-state index is 13.6. The number of thiocarbonyl (C=S) groups is 1.